The number of hydrogen-bond donors (Lipinski definition) is 3. The number of rotatable bonds is 4. The molecule has 0 aromatic rings. The first kappa shape index (κ1) is 13.2. The lowest BCUT2D eigenvalue weighted by Gasteiger charge is -2.25. The molecule has 1 aliphatic carbocycles. The standard InChI is InChI=1S/C11H16N2O4/c1-11(2,7-3-4-7)13-10(17)12-8(14)5-6-9(15)16/h5-7H,3-4H2,1-2H3,(H,15,16)(H2,12,13,14,17)/b6-5+. The molecule has 0 atom stereocenters. The molecule has 1 aliphatic rings. The molecular formula is C11H16N2O4. The highest BCUT2D eigenvalue weighted by Gasteiger charge is 2.38. The third-order valence-electron chi connectivity index (χ3n) is 2.65. The van der Waals surface area contributed by atoms with Gasteiger partial charge in [-0.1, -0.05) is 0 Å². The Balaban J connectivity index is 2.38. The van der Waals surface area contributed by atoms with Crippen LogP contribution in [0.25, 0.3) is 0 Å². The SMILES string of the molecule is CC(C)(NC(=O)NC(=O)/C=C/C(=O)O)C1CC1. The second kappa shape index (κ2) is 4.99. The second-order valence-corrected chi connectivity index (χ2v) is 4.61. The van der Waals surface area contributed by atoms with Crippen molar-refractivity contribution in [2.24, 2.45) is 5.92 Å². The molecule has 0 radical (unpaired) electrons. The van der Waals surface area contributed by atoms with Gasteiger partial charge < -0.3 is 10.4 Å². The quantitative estimate of drug-likeness (QED) is 0.628. The normalized spacial score (nSPS) is 15.6. The number of carbonyl (C=O) groups excluding carboxylic acids is 2. The minimum atomic E-state index is -1.24. The monoisotopic (exact) mass is 240 g/mol. The minimum Gasteiger partial charge on any atom is -0.478 e. The van der Waals surface area contributed by atoms with Crippen LogP contribution in [0, 0.1) is 5.92 Å². The zero-order valence-corrected chi connectivity index (χ0v) is 9.82. The van der Waals surface area contributed by atoms with E-state index in [0.717, 1.165) is 18.9 Å². The number of nitrogens with one attached hydrogen (secondary N) is 2. The highest BCUT2D eigenvalue weighted by atomic mass is 16.4. The van der Waals surface area contributed by atoms with Crippen LogP contribution in [0.1, 0.15) is 26.7 Å². The fourth-order valence-electron chi connectivity index (χ4n) is 1.53. The molecule has 3 N–H and O–H groups in total. The van der Waals surface area contributed by atoms with Crippen LogP contribution in [-0.2, 0) is 9.59 Å². The van der Waals surface area contributed by atoms with Gasteiger partial charge in [-0.25, -0.2) is 9.59 Å². The van der Waals surface area contributed by atoms with Crippen molar-refractivity contribution in [3.63, 3.8) is 0 Å². The van der Waals surface area contributed by atoms with E-state index in [9.17, 15) is 14.4 Å². The maximum Gasteiger partial charge on any atom is 0.328 e. The van der Waals surface area contributed by atoms with E-state index in [4.69, 9.17) is 5.11 Å². The first-order chi connectivity index (χ1) is 7.81. The van der Waals surface area contributed by atoms with Crippen molar-refractivity contribution in [1.29, 1.82) is 0 Å². The molecule has 94 valence electrons. The van der Waals surface area contributed by atoms with E-state index >= 15 is 0 Å². The number of imide groups is 1. The summed E-state index contributed by atoms with van der Waals surface area (Å²) >= 11 is 0. The topological polar surface area (TPSA) is 95.5 Å². The Morgan fingerprint density at radius 1 is 1.24 bits per heavy atom. The summed E-state index contributed by atoms with van der Waals surface area (Å²) in [7, 11) is 0. The number of carboxylic acids is 1. The van der Waals surface area contributed by atoms with Crippen LogP contribution >= 0.6 is 0 Å². The largest absolute Gasteiger partial charge is 0.478 e. The molecule has 17 heavy (non-hydrogen) atoms. The Bertz CT molecular complexity index is 370. The van der Waals surface area contributed by atoms with Crippen LogP contribution in [0.5, 0.6) is 0 Å². The van der Waals surface area contributed by atoms with Crippen molar-refractivity contribution in [2.45, 2.75) is 32.2 Å². The van der Waals surface area contributed by atoms with Crippen LogP contribution in [0.3, 0.4) is 0 Å². The molecule has 0 saturated heterocycles. The van der Waals surface area contributed by atoms with Crippen molar-refractivity contribution in [3.05, 3.63) is 12.2 Å². The Morgan fingerprint density at radius 2 is 1.82 bits per heavy atom. The number of hydrogen-bond acceptors (Lipinski definition) is 3. The van der Waals surface area contributed by atoms with Crippen LogP contribution in [-0.4, -0.2) is 28.6 Å². The summed E-state index contributed by atoms with van der Waals surface area (Å²) in [6, 6.07) is -0.609. The highest BCUT2D eigenvalue weighted by molar-refractivity contribution is 6.02. The molecular weight excluding hydrogens is 224 g/mol. The zero-order chi connectivity index (χ0) is 13.1. The van der Waals surface area contributed by atoms with E-state index in [1.165, 1.54) is 0 Å². The summed E-state index contributed by atoms with van der Waals surface area (Å²) < 4.78 is 0. The van der Waals surface area contributed by atoms with Gasteiger partial charge in [0, 0.05) is 17.7 Å². The number of carboxylic acid groups (broad SMARTS) is 1. The van der Waals surface area contributed by atoms with Crippen LogP contribution in [0.4, 0.5) is 4.79 Å². The highest BCUT2D eigenvalue weighted by Crippen LogP contribution is 2.38. The van der Waals surface area contributed by atoms with Gasteiger partial charge in [0.2, 0.25) is 0 Å². The van der Waals surface area contributed by atoms with E-state index in [0.29, 0.717) is 12.0 Å². The number of urea groups is 1. The number of carbonyl (C=O) groups is 3. The molecule has 1 saturated carbocycles. The summed E-state index contributed by atoms with van der Waals surface area (Å²) in [5.74, 6) is -1.55. The van der Waals surface area contributed by atoms with E-state index in [1.54, 1.807) is 0 Å². The Morgan fingerprint density at radius 3 is 2.29 bits per heavy atom. The zero-order valence-electron chi connectivity index (χ0n) is 9.82. The lowest BCUT2D eigenvalue weighted by Crippen LogP contribution is -2.50. The first-order valence-corrected chi connectivity index (χ1v) is 5.35. The third kappa shape index (κ3) is 4.67. The summed E-state index contributed by atoms with van der Waals surface area (Å²) in [5.41, 5.74) is -0.346. The van der Waals surface area contributed by atoms with Crippen LogP contribution in [0.15, 0.2) is 12.2 Å². The lowest BCUT2D eigenvalue weighted by atomic mass is 9.99. The van der Waals surface area contributed by atoms with Crippen molar-refractivity contribution in [1.82, 2.24) is 10.6 Å². The molecule has 0 bridgehead atoms. The molecule has 6 nitrogen and oxygen atoms in total. The van der Waals surface area contributed by atoms with Gasteiger partial charge in [0.25, 0.3) is 5.91 Å². The average molecular weight is 240 g/mol. The summed E-state index contributed by atoms with van der Waals surface area (Å²) in [6.45, 7) is 3.78. The van der Waals surface area contributed by atoms with Gasteiger partial charge in [0.15, 0.2) is 0 Å². The maximum atomic E-state index is 11.4. The van der Waals surface area contributed by atoms with E-state index in [2.05, 4.69) is 5.32 Å². The molecule has 0 heterocycles. The van der Waals surface area contributed by atoms with Crippen molar-refractivity contribution < 1.29 is 19.5 Å². The number of amides is 3. The fourth-order valence-corrected chi connectivity index (χ4v) is 1.53. The molecule has 0 aromatic heterocycles. The Hall–Kier alpha value is -1.85. The lowest BCUT2D eigenvalue weighted by molar-refractivity contribution is -0.131. The Labute approximate surface area is 99.1 Å². The van der Waals surface area contributed by atoms with Crippen molar-refractivity contribution in [2.75, 3.05) is 0 Å². The van der Waals surface area contributed by atoms with Gasteiger partial charge >= 0.3 is 12.0 Å². The van der Waals surface area contributed by atoms with Crippen molar-refractivity contribution >= 4 is 17.9 Å². The van der Waals surface area contributed by atoms with Crippen LogP contribution in [0.2, 0.25) is 0 Å². The maximum absolute atomic E-state index is 11.4. The Kier molecular flexibility index (Phi) is 3.88. The van der Waals surface area contributed by atoms with Crippen LogP contribution < -0.4 is 10.6 Å². The molecule has 1 fully saturated rings. The molecule has 0 aromatic carbocycles. The third-order valence-corrected chi connectivity index (χ3v) is 2.65. The first-order valence-electron chi connectivity index (χ1n) is 5.35. The van der Waals surface area contributed by atoms with E-state index < -0.39 is 17.9 Å². The average Bonchev–Trinajstić information content (AvgIpc) is 2.96. The summed E-state index contributed by atoms with van der Waals surface area (Å²) in [6.07, 6.45) is 3.61. The molecule has 0 unspecified atom stereocenters. The van der Waals surface area contributed by atoms with Gasteiger partial charge in [-0.15, -0.1) is 0 Å². The molecule has 3 amide bonds. The van der Waals surface area contributed by atoms with Gasteiger partial charge in [-0.3, -0.25) is 10.1 Å². The van der Waals surface area contributed by atoms with E-state index in [-0.39, 0.29) is 5.54 Å². The van der Waals surface area contributed by atoms with Gasteiger partial charge in [-0.2, -0.15) is 0 Å². The second-order valence-electron chi connectivity index (χ2n) is 4.61. The van der Waals surface area contributed by atoms with Gasteiger partial charge in [0.05, 0.1) is 0 Å². The molecule has 0 spiro atoms. The van der Waals surface area contributed by atoms with E-state index in [1.807, 2.05) is 19.2 Å². The molecule has 1 rings (SSSR count). The van der Waals surface area contributed by atoms with Gasteiger partial charge in [-0.05, 0) is 32.6 Å². The van der Waals surface area contributed by atoms with Crippen molar-refractivity contribution in [3.8, 4) is 0 Å². The minimum absolute atomic E-state index is 0.346. The molecule has 0 aliphatic heterocycles. The summed E-state index contributed by atoms with van der Waals surface area (Å²) in [4.78, 5) is 32.7. The fraction of sp³-hybridized carbons (Fsp3) is 0.545. The summed E-state index contributed by atoms with van der Waals surface area (Å²) in [5, 5.41) is 13.0. The smallest absolute Gasteiger partial charge is 0.328 e. The predicted molar refractivity (Wildman–Crippen MR) is 60.3 cm³/mol. The molecule has 6 heteroatoms. The van der Waals surface area contributed by atoms with Gasteiger partial charge in [0.1, 0.15) is 0 Å². The number of aliphatic carboxylic acids is 1. The predicted octanol–water partition coefficient (Wildman–Crippen LogP) is 0.642.